The van der Waals surface area contributed by atoms with Gasteiger partial charge in [-0.25, -0.2) is 0 Å². The van der Waals surface area contributed by atoms with Gasteiger partial charge in [-0.2, -0.15) is 0 Å². The van der Waals surface area contributed by atoms with Gasteiger partial charge in [-0.15, -0.1) is 0 Å². The Hall–Kier alpha value is -0.370. The van der Waals surface area contributed by atoms with Crippen molar-refractivity contribution < 1.29 is 4.79 Å². The van der Waals surface area contributed by atoms with Crippen LogP contribution in [0.3, 0.4) is 0 Å². The van der Waals surface area contributed by atoms with Gasteiger partial charge in [0.1, 0.15) is 6.29 Å². The fourth-order valence-corrected chi connectivity index (χ4v) is 1.03. The van der Waals surface area contributed by atoms with Crippen molar-refractivity contribution in [3.63, 3.8) is 0 Å². The number of rotatable bonds is 6. The van der Waals surface area contributed by atoms with Crippen molar-refractivity contribution >= 4 is 6.29 Å². The molecule has 0 aromatic rings. The lowest BCUT2D eigenvalue weighted by molar-refractivity contribution is -0.108. The summed E-state index contributed by atoms with van der Waals surface area (Å²) in [5, 5.41) is 0. The van der Waals surface area contributed by atoms with Crippen molar-refractivity contribution in [3.8, 4) is 0 Å². The minimum absolute atomic E-state index is 0.599. The Labute approximate surface area is 77.0 Å². The molecule has 0 aliphatic heterocycles. The first-order valence-electron chi connectivity index (χ1n) is 5.01. The Bertz CT molecular complexity index is 77.9. The molecule has 0 unspecified atom stereocenters. The first-order valence-corrected chi connectivity index (χ1v) is 5.01. The molecule has 0 spiro atoms. The van der Waals surface area contributed by atoms with Crippen molar-refractivity contribution in [1.82, 2.24) is 4.90 Å². The average molecular weight is 173 g/mol. The summed E-state index contributed by atoms with van der Waals surface area (Å²) in [6.45, 7) is 11.0. The predicted molar refractivity (Wildman–Crippen MR) is 54.4 cm³/mol. The van der Waals surface area contributed by atoms with E-state index in [0.29, 0.717) is 6.54 Å². The van der Waals surface area contributed by atoms with Crippen LogP contribution >= 0.6 is 0 Å². The molecule has 0 saturated heterocycles. The van der Waals surface area contributed by atoms with Crippen LogP contribution in [0.4, 0.5) is 0 Å². The zero-order valence-electron chi connectivity index (χ0n) is 8.97. The van der Waals surface area contributed by atoms with Gasteiger partial charge in [0.2, 0.25) is 0 Å². The molecule has 12 heavy (non-hydrogen) atoms. The Morgan fingerprint density at radius 2 is 1.50 bits per heavy atom. The van der Waals surface area contributed by atoms with Gasteiger partial charge in [-0.1, -0.05) is 27.7 Å². The number of carbonyl (C=O) groups excluding carboxylic acids is 1. The van der Waals surface area contributed by atoms with Gasteiger partial charge in [0.25, 0.3) is 0 Å². The van der Waals surface area contributed by atoms with Crippen LogP contribution in [0.25, 0.3) is 0 Å². The molecule has 0 rings (SSSR count). The van der Waals surface area contributed by atoms with Crippen molar-refractivity contribution in [1.29, 1.82) is 0 Å². The topological polar surface area (TPSA) is 20.3 Å². The molecule has 74 valence electrons. The Morgan fingerprint density at radius 1 is 1.08 bits per heavy atom. The van der Waals surface area contributed by atoms with E-state index in [2.05, 4.69) is 18.7 Å². The highest BCUT2D eigenvalue weighted by atomic mass is 16.1. The first kappa shape index (κ1) is 14.2. The zero-order chi connectivity index (χ0) is 9.82. The normalized spacial score (nSPS) is 9.08. The summed E-state index contributed by atoms with van der Waals surface area (Å²) < 4.78 is 0. The van der Waals surface area contributed by atoms with E-state index in [1.54, 1.807) is 0 Å². The average Bonchev–Trinajstić information content (AvgIpc) is 2.10. The van der Waals surface area contributed by atoms with Gasteiger partial charge in [-0.3, -0.25) is 4.90 Å². The monoisotopic (exact) mass is 173 g/mol. The highest BCUT2D eigenvalue weighted by Gasteiger charge is 1.98. The van der Waals surface area contributed by atoms with Gasteiger partial charge >= 0.3 is 0 Å². The largest absolute Gasteiger partial charge is 0.302 e. The summed E-state index contributed by atoms with van der Waals surface area (Å²) in [7, 11) is 0. The van der Waals surface area contributed by atoms with E-state index in [-0.39, 0.29) is 0 Å². The lowest BCUT2D eigenvalue weighted by atomic mass is 10.3. The number of nitrogens with zero attached hydrogens (tertiary/aromatic N) is 1. The maximum absolute atomic E-state index is 10.1. The standard InChI is InChI=1S/C8H17NO.C2H6/c1-3-5-9(6-4-2)7-8-10;1-2/h8H,3-7H2,1-2H3;1-2H3. The first-order chi connectivity index (χ1) is 5.85. The van der Waals surface area contributed by atoms with Gasteiger partial charge in [-0.05, 0) is 25.9 Å². The van der Waals surface area contributed by atoms with Gasteiger partial charge in [0, 0.05) is 0 Å². The molecule has 0 aromatic heterocycles. The van der Waals surface area contributed by atoms with Crippen molar-refractivity contribution in [2.45, 2.75) is 40.5 Å². The third kappa shape index (κ3) is 9.63. The SMILES string of the molecule is CC.CCCN(CC=O)CCC. The lowest BCUT2D eigenvalue weighted by Gasteiger charge is -2.16. The molecule has 0 aromatic carbocycles. The predicted octanol–water partition coefficient (Wildman–Crippen LogP) is 2.33. The van der Waals surface area contributed by atoms with Crippen molar-refractivity contribution in [2.75, 3.05) is 19.6 Å². The lowest BCUT2D eigenvalue weighted by Crippen LogP contribution is -2.27. The summed E-state index contributed by atoms with van der Waals surface area (Å²) in [5.74, 6) is 0. The zero-order valence-corrected chi connectivity index (χ0v) is 8.97. The van der Waals surface area contributed by atoms with Gasteiger partial charge < -0.3 is 4.79 Å². The van der Waals surface area contributed by atoms with Crippen LogP contribution in [0.2, 0.25) is 0 Å². The molecule has 0 atom stereocenters. The van der Waals surface area contributed by atoms with Crippen LogP contribution < -0.4 is 0 Å². The van der Waals surface area contributed by atoms with Crippen LogP contribution in [0.5, 0.6) is 0 Å². The Balaban J connectivity index is 0. The van der Waals surface area contributed by atoms with E-state index in [4.69, 9.17) is 0 Å². The number of carbonyl (C=O) groups is 1. The highest BCUT2D eigenvalue weighted by molar-refractivity contribution is 5.51. The minimum atomic E-state index is 0.599. The second-order valence-corrected chi connectivity index (χ2v) is 2.47. The second-order valence-electron chi connectivity index (χ2n) is 2.47. The van der Waals surface area contributed by atoms with Crippen LogP contribution in [-0.2, 0) is 4.79 Å². The molecule has 0 saturated carbocycles. The molecule has 0 bridgehead atoms. The van der Waals surface area contributed by atoms with Gasteiger partial charge in [0.05, 0.1) is 6.54 Å². The fraction of sp³-hybridized carbons (Fsp3) is 0.900. The molecule has 0 heterocycles. The highest BCUT2D eigenvalue weighted by Crippen LogP contribution is 1.90. The summed E-state index contributed by atoms with van der Waals surface area (Å²) in [4.78, 5) is 12.3. The van der Waals surface area contributed by atoms with E-state index in [0.717, 1.165) is 32.2 Å². The minimum Gasteiger partial charge on any atom is -0.302 e. The Kier molecular flexibility index (Phi) is 15.6. The van der Waals surface area contributed by atoms with Crippen LogP contribution in [-0.4, -0.2) is 30.8 Å². The van der Waals surface area contributed by atoms with E-state index >= 15 is 0 Å². The molecule has 0 radical (unpaired) electrons. The molecular formula is C10H23NO. The molecule has 0 fully saturated rings. The number of aldehydes is 1. The maximum atomic E-state index is 10.1. The molecule has 2 heteroatoms. The summed E-state index contributed by atoms with van der Waals surface area (Å²) in [6, 6.07) is 0. The molecule has 0 amide bonds. The quantitative estimate of drug-likeness (QED) is 0.575. The van der Waals surface area contributed by atoms with E-state index in [9.17, 15) is 4.79 Å². The molecule has 0 aliphatic rings. The maximum Gasteiger partial charge on any atom is 0.133 e. The van der Waals surface area contributed by atoms with Crippen LogP contribution in [0, 0.1) is 0 Å². The fourth-order valence-electron chi connectivity index (χ4n) is 1.03. The van der Waals surface area contributed by atoms with Crippen LogP contribution in [0.1, 0.15) is 40.5 Å². The van der Waals surface area contributed by atoms with Gasteiger partial charge in [0.15, 0.2) is 0 Å². The number of hydrogen-bond donors (Lipinski definition) is 0. The third-order valence-corrected chi connectivity index (χ3v) is 1.41. The molecular weight excluding hydrogens is 150 g/mol. The van der Waals surface area contributed by atoms with E-state index < -0.39 is 0 Å². The third-order valence-electron chi connectivity index (χ3n) is 1.41. The van der Waals surface area contributed by atoms with Crippen molar-refractivity contribution in [2.24, 2.45) is 0 Å². The van der Waals surface area contributed by atoms with Crippen molar-refractivity contribution in [3.05, 3.63) is 0 Å². The Morgan fingerprint density at radius 3 is 1.75 bits per heavy atom. The number of hydrogen-bond acceptors (Lipinski definition) is 2. The van der Waals surface area contributed by atoms with E-state index in [1.165, 1.54) is 0 Å². The van der Waals surface area contributed by atoms with Crippen LogP contribution in [0.15, 0.2) is 0 Å². The summed E-state index contributed by atoms with van der Waals surface area (Å²) in [6.07, 6.45) is 3.24. The second kappa shape index (κ2) is 13.2. The summed E-state index contributed by atoms with van der Waals surface area (Å²) in [5.41, 5.74) is 0. The summed E-state index contributed by atoms with van der Waals surface area (Å²) >= 11 is 0. The smallest absolute Gasteiger partial charge is 0.133 e. The molecule has 2 nitrogen and oxygen atoms in total. The van der Waals surface area contributed by atoms with E-state index in [1.807, 2.05) is 13.8 Å². The molecule has 0 aliphatic carbocycles. The molecule has 0 N–H and O–H groups in total.